The minimum absolute atomic E-state index is 0.0265. The van der Waals surface area contributed by atoms with E-state index in [9.17, 15) is 0 Å². The fourth-order valence-electron chi connectivity index (χ4n) is 7.58. The highest BCUT2D eigenvalue weighted by Crippen LogP contribution is 2.39. The lowest BCUT2D eigenvalue weighted by atomic mass is 9.78. The first-order valence-corrected chi connectivity index (χ1v) is 19.8. The Kier molecular flexibility index (Phi) is 13.7. The van der Waals surface area contributed by atoms with Crippen LogP contribution in [0.3, 0.4) is 0 Å². The maximum atomic E-state index is 5.33. The predicted molar refractivity (Wildman–Crippen MR) is 239 cm³/mol. The van der Waals surface area contributed by atoms with Crippen LogP contribution in [0.5, 0.6) is 0 Å². The molecule has 4 aromatic carbocycles. The van der Waals surface area contributed by atoms with E-state index in [0.29, 0.717) is 0 Å². The topological polar surface area (TPSA) is 24.7 Å². The molecule has 0 aromatic heterocycles. The molecule has 0 radical (unpaired) electrons. The summed E-state index contributed by atoms with van der Waals surface area (Å²) in [5, 5.41) is 0. The van der Waals surface area contributed by atoms with Gasteiger partial charge >= 0.3 is 0 Å². The summed E-state index contributed by atoms with van der Waals surface area (Å²) in [7, 11) is 0. The number of allylic oxidation sites excluding steroid dienone is 13. The molecule has 0 heterocycles. The highest BCUT2D eigenvalue weighted by molar-refractivity contribution is 6.04. The summed E-state index contributed by atoms with van der Waals surface area (Å²) in [5.74, 6) is 0.238. The quantitative estimate of drug-likeness (QED) is 0.0971. The maximum Gasteiger partial charge on any atom is 0.0671 e. The van der Waals surface area contributed by atoms with Gasteiger partial charge in [0.15, 0.2) is 0 Å². The number of hydrogen-bond acceptors (Lipinski definition) is 2. The standard InChI is InChI=1S/C53H54N2/c1-6-42(38-54-7-2)53(47-29-15-10-16-30-47)50-33-21-32-49(51(50)37-48-31-18-17-22-39(48)3)45-26-20-19-25-44(34-35-45)41(5)55-52(46-27-13-9-14-28-46)36-40(4)43-23-11-8-12-24-43/h6-7,9-11,13-19,21-25,27-36,38,40,53H,1,8,12,20,26,37H2,2-5H3/b25-19?,42-38+,44-34+,45-35+,52-36-,54-7?,55-41+. The van der Waals surface area contributed by atoms with E-state index in [2.05, 4.69) is 184 Å². The van der Waals surface area contributed by atoms with Crippen LogP contribution in [0.2, 0.25) is 0 Å². The van der Waals surface area contributed by atoms with Crippen LogP contribution in [0.25, 0.3) is 11.3 Å². The molecular formula is C53H54N2. The van der Waals surface area contributed by atoms with E-state index in [1.165, 1.54) is 44.5 Å². The number of aryl methyl sites for hydroxylation is 1. The third-order valence-corrected chi connectivity index (χ3v) is 10.6. The van der Waals surface area contributed by atoms with Crippen LogP contribution >= 0.6 is 0 Å². The zero-order chi connectivity index (χ0) is 38.4. The number of benzene rings is 4. The molecule has 0 saturated carbocycles. The third-order valence-electron chi connectivity index (χ3n) is 10.6. The Balaban J connectivity index is 1.47. The molecule has 2 aliphatic carbocycles. The number of nitrogens with zero attached hydrogens (tertiary/aromatic N) is 2. The van der Waals surface area contributed by atoms with Gasteiger partial charge in [-0.15, -0.1) is 0 Å². The zero-order valence-electron chi connectivity index (χ0n) is 33.0. The Hall–Kier alpha value is -5.86. The second-order valence-corrected chi connectivity index (χ2v) is 14.4. The van der Waals surface area contributed by atoms with E-state index < -0.39 is 0 Å². The van der Waals surface area contributed by atoms with Crippen LogP contribution in [-0.4, -0.2) is 11.9 Å². The van der Waals surface area contributed by atoms with Gasteiger partial charge in [0.25, 0.3) is 0 Å². The van der Waals surface area contributed by atoms with Crippen molar-refractivity contribution in [3.63, 3.8) is 0 Å². The summed E-state index contributed by atoms with van der Waals surface area (Å²) in [4.78, 5) is 9.91. The van der Waals surface area contributed by atoms with Crippen molar-refractivity contribution in [3.05, 3.63) is 226 Å². The molecule has 0 bridgehead atoms. The first kappa shape index (κ1) is 38.9. The Labute approximate surface area is 329 Å². The average molecular weight is 719 g/mol. The minimum Gasteiger partial charge on any atom is -0.269 e. The zero-order valence-corrected chi connectivity index (χ0v) is 33.0. The van der Waals surface area contributed by atoms with Crippen molar-refractivity contribution in [1.82, 2.24) is 0 Å². The highest BCUT2D eigenvalue weighted by Gasteiger charge is 2.24. The van der Waals surface area contributed by atoms with Crippen LogP contribution in [-0.2, 0) is 6.42 Å². The normalized spacial score (nSPS) is 18.4. The number of aliphatic imine (C=N–C) groups is 2. The van der Waals surface area contributed by atoms with Gasteiger partial charge in [-0.05, 0) is 114 Å². The molecule has 4 aromatic rings. The molecule has 0 saturated heterocycles. The summed E-state index contributed by atoms with van der Waals surface area (Å²) in [6.45, 7) is 12.8. The fraction of sp³-hybridized carbons (Fsp3) is 0.208. The molecule has 0 aliphatic heterocycles. The first-order chi connectivity index (χ1) is 27.0. The summed E-state index contributed by atoms with van der Waals surface area (Å²) in [6.07, 6.45) is 29.1. The molecule has 2 heteroatoms. The van der Waals surface area contributed by atoms with E-state index in [4.69, 9.17) is 4.99 Å². The Bertz CT molecular complexity index is 2230. The van der Waals surface area contributed by atoms with Crippen molar-refractivity contribution < 1.29 is 0 Å². The van der Waals surface area contributed by atoms with Gasteiger partial charge in [0, 0.05) is 30.0 Å². The van der Waals surface area contributed by atoms with Crippen molar-refractivity contribution in [2.75, 3.05) is 0 Å². The lowest BCUT2D eigenvalue weighted by Gasteiger charge is -2.26. The molecule has 0 amide bonds. The molecule has 0 spiro atoms. The van der Waals surface area contributed by atoms with E-state index in [1.807, 2.05) is 25.4 Å². The molecule has 0 fully saturated rings. The van der Waals surface area contributed by atoms with E-state index in [1.54, 1.807) is 0 Å². The molecule has 2 unspecified atom stereocenters. The summed E-state index contributed by atoms with van der Waals surface area (Å²) < 4.78 is 0. The second-order valence-electron chi connectivity index (χ2n) is 14.4. The molecule has 0 N–H and O–H groups in total. The fourth-order valence-corrected chi connectivity index (χ4v) is 7.58. The lowest BCUT2D eigenvalue weighted by Crippen LogP contribution is -2.10. The van der Waals surface area contributed by atoms with Crippen molar-refractivity contribution in [3.8, 4) is 0 Å². The van der Waals surface area contributed by atoms with Crippen LogP contribution < -0.4 is 0 Å². The highest BCUT2D eigenvalue weighted by atomic mass is 14.8. The van der Waals surface area contributed by atoms with Crippen molar-refractivity contribution in [2.45, 2.75) is 65.7 Å². The smallest absolute Gasteiger partial charge is 0.0671 e. The SMILES string of the molecule is C=C/C(=C\N=CC)C(c1ccccc1)c1cccc(/C2=C/C=C(/C(C)=N/C(=C\C(C)C3=CCCC=C3)c3ccccc3)C=CCC2)c1Cc1ccccc1C. The average Bonchev–Trinajstić information content (AvgIpc) is 3.21. The largest absolute Gasteiger partial charge is 0.269 e. The monoisotopic (exact) mass is 718 g/mol. The molecule has 276 valence electrons. The van der Waals surface area contributed by atoms with Crippen LogP contribution in [0.4, 0.5) is 0 Å². The molecule has 2 nitrogen and oxygen atoms in total. The van der Waals surface area contributed by atoms with Gasteiger partial charge < -0.3 is 0 Å². The molecule has 2 atom stereocenters. The van der Waals surface area contributed by atoms with Gasteiger partial charge in [-0.3, -0.25) is 9.98 Å². The van der Waals surface area contributed by atoms with Gasteiger partial charge in [-0.25, -0.2) is 0 Å². The number of hydrogen-bond donors (Lipinski definition) is 0. The number of rotatable bonds is 13. The van der Waals surface area contributed by atoms with Crippen LogP contribution in [0.1, 0.15) is 91.3 Å². The first-order valence-electron chi connectivity index (χ1n) is 19.8. The van der Waals surface area contributed by atoms with Crippen LogP contribution in [0, 0.1) is 12.8 Å². The molecule has 6 rings (SSSR count). The summed E-state index contributed by atoms with van der Waals surface area (Å²) in [5.41, 5.74) is 15.8. The van der Waals surface area contributed by atoms with E-state index in [-0.39, 0.29) is 11.8 Å². The Morgan fingerprint density at radius 2 is 1.56 bits per heavy atom. The minimum atomic E-state index is -0.0265. The van der Waals surface area contributed by atoms with Gasteiger partial charge in [0.1, 0.15) is 0 Å². The molecule has 55 heavy (non-hydrogen) atoms. The van der Waals surface area contributed by atoms with Gasteiger partial charge in [0.05, 0.1) is 5.70 Å². The Morgan fingerprint density at radius 3 is 2.29 bits per heavy atom. The summed E-state index contributed by atoms with van der Waals surface area (Å²) >= 11 is 0. The molecule has 2 aliphatic rings. The molecular weight excluding hydrogens is 665 g/mol. The van der Waals surface area contributed by atoms with Gasteiger partial charge in [0.2, 0.25) is 0 Å². The van der Waals surface area contributed by atoms with E-state index >= 15 is 0 Å². The second kappa shape index (κ2) is 19.5. The van der Waals surface area contributed by atoms with Crippen molar-refractivity contribution in [1.29, 1.82) is 0 Å². The third kappa shape index (κ3) is 10.0. The summed E-state index contributed by atoms with van der Waals surface area (Å²) in [6, 6.07) is 37.0. The van der Waals surface area contributed by atoms with Crippen molar-refractivity contribution in [2.24, 2.45) is 15.9 Å². The predicted octanol–water partition coefficient (Wildman–Crippen LogP) is 14.0. The van der Waals surface area contributed by atoms with Crippen molar-refractivity contribution >= 4 is 23.2 Å². The maximum absolute atomic E-state index is 5.33. The Morgan fingerprint density at radius 1 is 0.818 bits per heavy atom. The van der Waals surface area contributed by atoms with Gasteiger partial charge in [-0.1, -0.05) is 171 Å². The lowest BCUT2D eigenvalue weighted by molar-refractivity contribution is 0.857. The van der Waals surface area contributed by atoms with Gasteiger partial charge in [-0.2, -0.15) is 0 Å². The van der Waals surface area contributed by atoms with Crippen LogP contribution in [0.15, 0.2) is 197 Å². The van der Waals surface area contributed by atoms with E-state index in [0.717, 1.165) is 60.2 Å².